The first kappa shape index (κ1) is 21.8. The van der Waals surface area contributed by atoms with Crippen molar-refractivity contribution >= 4 is 11.8 Å². The van der Waals surface area contributed by atoms with Crippen molar-refractivity contribution in [1.82, 2.24) is 10.2 Å². The van der Waals surface area contributed by atoms with Crippen LogP contribution >= 0.6 is 0 Å². The van der Waals surface area contributed by atoms with Crippen molar-refractivity contribution in [3.05, 3.63) is 65.7 Å². The lowest BCUT2D eigenvalue weighted by Crippen LogP contribution is -2.44. The number of piperidine rings is 1. The Morgan fingerprint density at radius 2 is 1.83 bits per heavy atom. The van der Waals surface area contributed by atoms with Crippen molar-refractivity contribution in [3.63, 3.8) is 0 Å². The van der Waals surface area contributed by atoms with E-state index in [2.05, 4.69) is 5.32 Å². The van der Waals surface area contributed by atoms with E-state index in [-0.39, 0.29) is 30.9 Å². The summed E-state index contributed by atoms with van der Waals surface area (Å²) >= 11 is 0. The predicted octanol–water partition coefficient (Wildman–Crippen LogP) is 3.15. The van der Waals surface area contributed by atoms with Gasteiger partial charge in [-0.1, -0.05) is 30.3 Å². The van der Waals surface area contributed by atoms with Gasteiger partial charge in [-0.25, -0.2) is 0 Å². The maximum Gasteiger partial charge on any atom is 0.254 e. The monoisotopic (exact) mass is 410 g/mol. The van der Waals surface area contributed by atoms with Gasteiger partial charge in [0, 0.05) is 31.3 Å². The number of nitrogens with zero attached hydrogens (tertiary/aromatic N) is 1. The number of hydrogen-bond acceptors (Lipinski definition) is 4. The van der Waals surface area contributed by atoms with Crippen LogP contribution < -0.4 is 10.1 Å². The Morgan fingerprint density at radius 1 is 1.07 bits per heavy atom. The molecule has 3 rings (SSSR count). The minimum absolute atomic E-state index is 0.0156. The molecule has 1 aliphatic rings. The Balaban J connectivity index is 1.44. The van der Waals surface area contributed by atoms with E-state index in [1.54, 1.807) is 0 Å². The minimum Gasteiger partial charge on any atom is -0.493 e. The quantitative estimate of drug-likeness (QED) is 0.666. The molecule has 30 heavy (non-hydrogen) atoms. The van der Waals surface area contributed by atoms with Crippen LogP contribution in [0.2, 0.25) is 0 Å². The van der Waals surface area contributed by atoms with E-state index in [0.717, 1.165) is 37.1 Å². The molecule has 1 aliphatic heterocycles. The Labute approximate surface area is 177 Å². The topological polar surface area (TPSA) is 78.9 Å². The van der Waals surface area contributed by atoms with Crippen LogP contribution in [0.4, 0.5) is 0 Å². The lowest BCUT2D eigenvalue weighted by Gasteiger charge is -2.35. The number of carbonyl (C=O) groups excluding carboxylic acids is 2. The molecule has 0 aromatic heterocycles. The summed E-state index contributed by atoms with van der Waals surface area (Å²) in [5.74, 6) is 0.688. The molecule has 6 heteroatoms. The van der Waals surface area contributed by atoms with Crippen LogP contribution in [0.5, 0.6) is 5.75 Å². The highest BCUT2D eigenvalue weighted by Crippen LogP contribution is 2.22. The summed E-state index contributed by atoms with van der Waals surface area (Å²) in [7, 11) is 0. The highest BCUT2D eigenvalue weighted by atomic mass is 16.5. The molecule has 1 atom stereocenters. The van der Waals surface area contributed by atoms with Crippen LogP contribution in [0.1, 0.15) is 48.0 Å². The summed E-state index contributed by atoms with van der Waals surface area (Å²) in [5.41, 5.74) is 1.58. The van der Waals surface area contributed by atoms with Crippen molar-refractivity contribution in [2.24, 2.45) is 0 Å². The molecular weight excluding hydrogens is 380 g/mol. The lowest BCUT2D eigenvalue weighted by atomic mass is 9.98. The van der Waals surface area contributed by atoms with Gasteiger partial charge in [0.1, 0.15) is 5.75 Å². The second kappa shape index (κ2) is 11.4. The summed E-state index contributed by atoms with van der Waals surface area (Å²) in [6.07, 6.45) is 3.97. The molecule has 0 bridgehead atoms. The van der Waals surface area contributed by atoms with E-state index < -0.39 is 0 Å². The number of ether oxygens (including phenoxy) is 1. The summed E-state index contributed by atoms with van der Waals surface area (Å²) < 4.78 is 5.54. The van der Waals surface area contributed by atoms with Crippen LogP contribution in [0.15, 0.2) is 54.6 Å². The predicted molar refractivity (Wildman–Crippen MR) is 115 cm³/mol. The largest absolute Gasteiger partial charge is 0.493 e. The number of rotatable bonds is 9. The van der Waals surface area contributed by atoms with Gasteiger partial charge in [-0.2, -0.15) is 0 Å². The molecule has 0 aliphatic carbocycles. The van der Waals surface area contributed by atoms with Crippen LogP contribution in [0.3, 0.4) is 0 Å². The van der Waals surface area contributed by atoms with Crippen molar-refractivity contribution < 1.29 is 19.4 Å². The number of aliphatic hydroxyl groups is 1. The number of para-hydroxylation sites is 1. The van der Waals surface area contributed by atoms with Crippen molar-refractivity contribution in [3.8, 4) is 5.75 Å². The third-order valence-electron chi connectivity index (χ3n) is 5.38. The second-order valence-electron chi connectivity index (χ2n) is 7.55. The molecule has 6 nitrogen and oxygen atoms in total. The maximum atomic E-state index is 12.9. The number of benzene rings is 2. The lowest BCUT2D eigenvalue weighted by molar-refractivity contribution is -0.121. The normalized spacial score (nSPS) is 16.2. The van der Waals surface area contributed by atoms with Gasteiger partial charge in [-0.15, -0.1) is 0 Å². The molecule has 160 valence electrons. The molecule has 2 aromatic carbocycles. The van der Waals surface area contributed by atoms with Gasteiger partial charge in [0.2, 0.25) is 5.91 Å². The highest BCUT2D eigenvalue weighted by Gasteiger charge is 2.26. The number of amides is 2. The molecule has 1 saturated heterocycles. The van der Waals surface area contributed by atoms with Gasteiger partial charge in [0.05, 0.1) is 13.0 Å². The fourth-order valence-corrected chi connectivity index (χ4v) is 3.72. The van der Waals surface area contributed by atoms with E-state index in [4.69, 9.17) is 4.74 Å². The molecule has 1 fully saturated rings. The van der Waals surface area contributed by atoms with E-state index in [1.165, 1.54) is 0 Å². The molecular formula is C24H30N2O4. The Morgan fingerprint density at radius 3 is 2.57 bits per heavy atom. The first-order valence-electron chi connectivity index (χ1n) is 10.6. The Bertz CT molecular complexity index is 806. The van der Waals surface area contributed by atoms with Gasteiger partial charge in [-0.05, 0) is 55.5 Å². The van der Waals surface area contributed by atoms with E-state index in [0.29, 0.717) is 25.1 Å². The summed E-state index contributed by atoms with van der Waals surface area (Å²) in [6, 6.07) is 16.9. The van der Waals surface area contributed by atoms with Crippen molar-refractivity contribution in [2.75, 3.05) is 19.8 Å². The van der Waals surface area contributed by atoms with Gasteiger partial charge in [-0.3, -0.25) is 9.59 Å². The van der Waals surface area contributed by atoms with Crippen LogP contribution in [-0.4, -0.2) is 47.6 Å². The smallest absolute Gasteiger partial charge is 0.254 e. The van der Waals surface area contributed by atoms with Gasteiger partial charge >= 0.3 is 0 Å². The third-order valence-corrected chi connectivity index (χ3v) is 5.38. The fourth-order valence-electron chi connectivity index (χ4n) is 3.72. The standard InChI is InChI=1S/C24H30N2O4/c27-16-13-21-6-4-5-15-26(21)24(29)20-11-9-19(10-12-20)18-25-23(28)14-17-30-22-7-2-1-3-8-22/h1-3,7-12,21,27H,4-6,13-18H2,(H,25,28). The number of aliphatic hydroxyl groups excluding tert-OH is 1. The molecule has 2 N–H and O–H groups in total. The Hall–Kier alpha value is -2.86. The average Bonchev–Trinajstić information content (AvgIpc) is 2.79. The van der Waals surface area contributed by atoms with Crippen LogP contribution in [-0.2, 0) is 11.3 Å². The summed E-state index contributed by atoms with van der Waals surface area (Å²) in [5, 5.41) is 12.1. The molecule has 2 amide bonds. The highest BCUT2D eigenvalue weighted by molar-refractivity contribution is 5.94. The SMILES string of the molecule is O=C(CCOc1ccccc1)NCc1ccc(C(=O)N2CCCCC2CCO)cc1. The Kier molecular flexibility index (Phi) is 8.27. The molecule has 1 heterocycles. The molecule has 0 spiro atoms. The average molecular weight is 411 g/mol. The van der Waals surface area contributed by atoms with E-state index in [9.17, 15) is 14.7 Å². The first-order valence-corrected chi connectivity index (χ1v) is 10.6. The van der Waals surface area contributed by atoms with Crippen LogP contribution in [0.25, 0.3) is 0 Å². The summed E-state index contributed by atoms with van der Waals surface area (Å²) in [6.45, 7) is 1.58. The van der Waals surface area contributed by atoms with E-state index in [1.807, 2.05) is 59.5 Å². The van der Waals surface area contributed by atoms with Crippen molar-refractivity contribution in [2.45, 2.75) is 44.7 Å². The number of nitrogens with one attached hydrogen (secondary N) is 1. The third kappa shape index (κ3) is 6.32. The van der Waals surface area contributed by atoms with Crippen LogP contribution in [0, 0.1) is 0 Å². The van der Waals surface area contributed by atoms with E-state index >= 15 is 0 Å². The number of carbonyl (C=O) groups is 2. The zero-order chi connectivity index (χ0) is 21.2. The molecule has 1 unspecified atom stereocenters. The molecule has 0 radical (unpaired) electrons. The zero-order valence-electron chi connectivity index (χ0n) is 17.3. The molecule has 2 aromatic rings. The number of hydrogen-bond donors (Lipinski definition) is 2. The summed E-state index contributed by atoms with van der Waals surface area (Å²) in [4.78, 5) is 26.8. The van der Waals surface area contributed by atoms with Gasteiger partial charge in [0.15, 0.2) is 0 Å². The number of likely N-dealkylation sites (tertiary alicyclic amines) is 1. The fraction of sp³-hybridized carbons (Fsp3) is 0.417. The first-order chi connectivity index (χ1) is 14.7. The maximum absolute atomic E-state index is 12.9. The minimum atomic E-state index is -0.0775. The van der Waals surface area contributed by atoms with Gasteiger partial charge in [0.25, 0.3) is 5.91 Å². The zero-order valence-corrected chi connectivity index (χ0v) is 17.3. The molecule has 0 saturated carbocycles. The van der Waals surface area contributed by atoms with Crippen molar-refractivity contribution in [1.29, 1.82) is 0 Å². The second-order valence-corrected chi connectivity index (χ2v) is 7.55. The van der Waals surface area contributed by atoms with Gasteiger partial charge < -0.3 is 20.1 Å².